The standard InChI is InChI=1S/C14H20ClNO/c1-4-5-10-7-11-9(2)6-12(15)14(17-3)13(11)16-8-10/h6,10,16H,4-5,7-8H2,1-3H3. The summed E-state index contributed by atoms with van der Waals surface area (Å²) in [6, 6.07) is 2.01. The quantitative estimate of drug-likeness (QED) is 0.878. The predicted octanol–water partition coefficient (Wildman–Crippen LogP) is 4.04. The lowest BCUT2D eigenvalue weighted by Gasteiger charge is -2.29. The smallest absolute Gasteiger partial charge is 0.160 e. The second-order valence-electron chi connectivity index (χ2n) is 4.80. The lowest BCUT2D eigenvalue weighted by molar-refractivity contribution is 0.411. The zero-order valence-corrected chi connectivity index (χ0v) is 11.5. The fourth-order valence-electron chi connectivity index (χ4n) is 2.67. The van der Waals surface area contributed by atoms with Crippen molar-refractivity contribution in [3.05, 3.63) is 22.2 Å². The lowest BCUT2D eigenvalue weighted by atomic mass is 9.88. The normalized spacial score (nSPS) is 18.5. The van der Waals surface area contributed by atoms with E-state index in [-0.39, 0.29) is 0 Å². The number of nitrogens with one attached hydrogen (secondary N) is 1. The molecule has 0 aromatic heterocycles. The number of hydrogen-bond donors (Lipinski definition) is 1. The molecular formula is C14H20ClNO. The van der Waals surface area contributed by atoms with Crippen molar-refractivity contribution < 1.29 is 4.74 Å². The third kappa shape index (κ3) is 2.37. The van der Waals surface area contributed by atoms with E-state index in [0.29, 0.717) is 5.02 Å². The van der Waals surface area contributed by atoms with Crippen molar-refractivity contribution in [2.75, 3.05) is 19.0 Å². The first kappa shape index (κ1) is 12.6. The van der Waals surface area contributed by atoms with E-state index in [1.54, 1.807) is 7.11 Å². The van der Waals surface area contributed by atoms with Crippen molar-refractivity contribution >= 4 is 17.3 Å². The minimum atomic E-state index is 0.699. The highest BCUT2D eigenvalue weighted by atomic mass is 35.5. The van der Waals surface area contributed by atoms with Gasteiger partial charge in [0.05, 0.1) is 17.8 Å². The Morgan fingerprint density at radius 3 is 2.94 bits per heavy atom. The van der Waals surface area contributed by atoms with Gasteiger partial charge in [-0.3, -0.25) is 0 Å². The van der Waals surface area contributed by atoms with Gasteiger partial charge in [0.1, 0.15) is 0 Å². The Kier molecular flexibility index (Phi) is 3.82. The van der Waals surface area contributed by atoms with Crippen LogP contribution in [0.2, 0.25) is 5.02 Å². The zero-order chi connectivity index (χ0) is 12.4. The van der Waals surface area contributed by atoms with Crippen molar-refractivity contribution in [1.29, 1.82) is 0 Å². The van der Waals surface area contributed by atoms with Gasteiger partial charge in [-0.25, -0.2) is 0 Å². The van der Waals surface area contributed by atoms with Gasteiger partial charge in [0.25, 0.3) is 0 Å². The van der Waals surface area contributed by atoms with Crippen LogP contribution in [0.15, 0.2) is 6.07 Å². The first-order chi connectivity index (χ1) is 8.17. The first-order valence-electron chi connectivity index (χ1n) is 6.27. The summed E-state index contributed by atoms with van der Waals surface area (Å²) in [6.45, 7) is 5.39. The molecule has 1 N–H and O–H groups in total. The molecule has 1 aromatic rings. The number of aryl methyl sites for hydroxylation is 1. The molecule has 1 aliphatic rings. The minimum Gasteiger partial charge on any atom is -0.493 e. The molecule has 0 saturated carbocycles. The van der Waals surface area contributed by atoms with Gasteiger partial charge >= 0.3 is 0 Å². The van der Waals surface area contributed by atoms with E-state index in [0.717, 1.165) is 30.3 Å². The van der Waals surface area contributed by atoms with Crippen molar-refractivity contribution in [2.24, 2.45) is 5.92 Å². The monoisotopic (exact) mass is 253 g/mol. The van der Waals surface area contributed by atoms with Gasteiger partial charge in [0.15, 0.2) is 5.75 Å². The molecule has 0 amide bonds. The van der Waals surface area contributed by atoms with Gasteiger partial charge in [0, 0.05) is 6.54 Å². The van der Waals surface area contributed by atoms with Crippen LogP contribution >= 0.6 is 11.6 Å². The zero-order valence-electron chi connectivity index (χ0n) is 10.8. The Morgan fingerprint density at radius 1 is 1.53 bits per heavy atom. The van der Waals surface area contributed by atoms with E-state index in [9.17, 15) is 0 Å². The van der Waals surface area contributed by atoms with E-state index >= 15 is 0 Å². The van der Waals surface area contributed by atoms with E-state index in [1.807, 2.05) is 6.07 Å². The van der Waals surface area contributed by atoms with Crippen molar-refractivity contribution in [2.45, 2.75) is 33.1 Å². The highest BCUT2D eigenvalue weighted by Gasteiger charge is 2.23. The van der Waals surface area contributed by atoms with Crippen LogP contribution in [0.25, 0.3) is 0 Å². The van der Waals surface area contributed by atoms with E-state index in [4.69, 9.17) is 16.3 Å². The molecule has 1 atom stereocenters. The summed E-state index contributed by atoms with van der Waals surface area (Å²) in [7, 11) is 1.68. The molecule has 0 fully saturated rings. The molecular weight excluding hydrogens is 234 g/mol. The number of anilines is 1. The van der Waals surface area contributed by atoms with Gasteiger partial charge < -0.3 is 10.1 Å². The molecule has 3 heteroatoms. The van der Waals surface area contributed by atoms with Gasteiger partial charge in [-0.1, -0.05) is 24.9 Å². The van der Waals surface area contributed by atoms with Crippen LogP contribution in [0.1, 0.15) is 30.9 Å². The molecule has 17 heavy (non-hydrogen) atoms. The van der Waals surface area contributed by atoms with Crippen LogP contribution in [0.3, 0.4) is 0 Å². The van der Waals surface area contributed by atoms with Crippen LogP contribution in [-0.2, 0) is 6.42 Å². The number of rotatable bonds is 3. The van der Waals surface area contributed by atoms with Crippen LogP contribution < -0.4 is 10.1 Å². The van der Waals surface area contributed by atoms with E-state index < -0.39 is 0 Å². The number of halogens is 1. The molecule has 0 spiro atoms. The summed E-state index contributed by atoms with van der Waals surface area (Å²) < 4.78 is 5.40. The van der Waals surface area contributed by atoms with Crippen molar-refractivity contribution in [3.8, 4) is 5.75 Å². The first-order valence-corrected chi connectivity index (χ1v) is 6.65. The molecule has 1 heterocycles. The average Bonchev–Trinajstić information content (AvgIpc) is 2.31. The van der Waals surface area contributed by atoms with Crippen LogP contribution in [0.5, 0.6) is 5.75 Å². The largest absolute Gasteiger partial charge is 0.493 e. The minimum absolute atomic E-state index is 0.699. The predicted molar refractivity (Wildman–Crippen MR) is 73.3 cm³/mol. The maximum Gasteiger partial charge on any atom is 0.160 e. The van der Waals surface area contributed by atoms with Crippen LogP contribution in [-0.4, -0.2) is 13.7 Å². The Bertz CT molecular complexity index is 417. The molecule has 1 unspecified atom stereocenters. The van der Waals surface area contributed by atoms with Gasteiger partial charge in [-0.05, 0) is 42.9 Å². The third-order valence-corrected chi connectivity index (χ3v) is 3.81. The fraction of sp³-hybridized carbons (Fsp3) is 0.571. The third-order valence-electron chi connectivity index (χ3n) is 3.53. The van der Waals surface area contributed by atoms with Gasteiger partial charge in [-0.15, -0.1) is 0 Å². The average molecular weight is 254 g/mol. The summed E-state index contributed by atoms with van der Waals surface area (Å²) in [4.78, 5) is 0. The summed E-state index contributed by atoms with van der Waals surface area (Å²) >= 11 is 6.20. The highest BCUT2D eigenvalue weighted by molar-refractivity contribution is 6.32. The molecule has 1 aliphatic heterocycles. The molecule has 2 nitrogen and oxygen atoms in total. The van der Waals surface area contributed by atoms with Crippen LogP contribution in [0, 0.1) is 12.8 Å². The number of benzene rings is 1. The molecule has 0 saturated heterocycles. The summed E-state index contributed by atoms with van der Waals surface area (Å²) in [5.41, 5.74) is 3.74. The van der Waals surface area contributed by atoms with Crippen molar-refractivity contribution in [3.63, 3.8) is 0 Å². The SMILES string of the molecule is CCCC1CNc2c(c(C)cc(Cl)c2OC)C1. The molecule has 0 radical (unpaired) electrons. The Labute approximate surface area is 108 Å². The second-order valence-corrected chi connectivity index (χ2v) is 5.21. The Balaban J connectivity index is 2.38. The summed E-state index contributed by atoms with van der Waals surface area (Å²) in [6.07, 6.45) is 3.65. The topological polar surface area (TPSA) is 21.3 Å². The molecule has 0 aliphatic carbocycles. The number of fused-ring (bicyclic) bond motifs is 1. The second kappa shape index (κ2) is 5.18. The summed E-state index contributed by atoms with van der Waals surface area (Å²) in [5.74, 6) is 1.53. The maximum absolute atomic E-state index is 6.20. The Hall–Kier alpha value is -0.890. The molecule has 1 aromatic carbocycles. The van der Waals surface area contributed by atoms with Crippen molar-refractivity contribution in [1.82, 2.24) is 0 Å². The number of ether oxygens (including phenoxy) is 1. The van der Waals surface area contributed by atoms with E-state index in [1.165, 1.54) is 24.0 Å². The van der Waals surface area contributed by atoms with Gasteiger partial charge in [-0.2, -0.15) is 0 Å². The molecule has 94 valence electrons. The number of hydrogen-bond acceptors (Lipinski definition) is 2. The van der Waals surface area contributed by atoms with E-state index in [2.05, 4.69) is 19.2 Å². The molecule has 2 rings (SSSR count). The summed E-state index contributed by atoms with van der Waals surface area (Å²) in [5, 5.41) is 4.19. The lowest BCUT2D eigenvalue weighted by Crippen LogP contribution is -2.24. The molecule has 0 bridgehead atoms. The van der Waals surface area contributed by atoms with Gasteiger partial charge in [0.2, 0.25) is 0 Å². The highest BCUT2D eigenvalue weighted by Crippen LogP contribution is 2.41. The fourth-order valence-corrected chi connectivity index (χ4v) is 3.00. The van der Waals surface area contributed by atoms with Crippen LogP contribution in [0.4, 0.5) is 5.69 Å². The number of methoxy groups -OCH3 is 1. The maximum atomic E-state index is 6.20. The Morgan fingerprint density at radius 2 is 2.29 bits per heavy atom.